The molecule has 140 valence electrons. The van der Waals surface area contributed by atoms with Gasteiger partial charge in [-0.25, -0.2) is 4.68 Å². The van der Waals surface area contributed by atoms with E-state index in [0.717, 1.165) is 45.1 Å². The first-order valence-corrected chi connectivity index (χ1v) is 9.98. The van der Waals surface area contributed by atoms with E-state index in [2.05, 4.69) is 39.6 Å². The molecule has 0 radical (unpaired) electrons. The molecule has 2 heterocycles. The van der Waals surface area contributed by atoms with Crippen LogP contribution in [-0.4, -0.2) is 53.1 Å². The molecule has 1 aromatic carbocycles. The van der Waals surface area contributed by atoms with Gasteiger partial charge in [0.15, 0.2) is 0 Å². The fourth-order valence-corrected chi connectivity index (χ4v) is 4.48. The highest BCUT2D eigenvalue weighted by Gasteiger charge is 2.38. The van der Waals surface area contributed by atoms with Crippen molar-refractivity contribution >= 4 is 0 Å². The summed E-state index contributed by atoms with van der Waals surface area (Å²) in [5, 5.41) is 8.04. The number of hydrogen-bond acceptors (Lipinski definition) is 4. The van der Waals surface area contributed by atoms with Gasteiger partial charge in [0.05, 0.1) is 18.9 Å². The molecule has 1 saturated heterocycles. The Hall–Kier alpha value is -1.69. The van der Waals surface area contributed by atoms with Gasteiger partial charge in [-0.05, 0) is 36.6 Å². The molecule has 2 aromatic rings. The van der Waals surface area contributed by atoms with Gasteiger partial charge in [-0.1, -0.05) is 31.4 Å². The van der Waals surface area contributed by atoms with Crippen LogP contribution < -0.4 is 5.32 Å². The molecule has 5 nitrogen and oxygen atoms in total. The van der Waals surface area contributed by atoms with E-state index in [1.54, 1.807) is 0 Å². The number of nitrogens with one attached hydrogen (secondary N) is 1. The van der Waals surface area contributed by atoms with Crippen molar-refractivity contribution in [2.24, 2.45) is 0 Å². The van der Waals surface area contributed by atoms with Crippen molar-refractivity contribution in [1.82, 2.24) is 20.0 Å². The lowest BCUT2D eigenvalue weighted by molar-refractivity contribution is -0.0369. The monoisotopic (exact) mass is 354 g/mol. The molecular weight excluding hydrogens is 324 g/mol. The van der Waals surface area contributed by atoms with Gasteiger partial charge in [-0.15, -0.1) is 0 Å². The van der Waals surface area contributed by atoms with Crippen LogP contribution in [0.4, 0.5) is 0 Å². The molecular formula is C21H30N4O. The van der Waals surface area contributed by atoms with Crippen molar-refractivity contribution in [3.63, 3.8) is 0 Å². The van der Waals surface area contributed by atoms with E-state index in [0.29, 0.717) is 5.54 Å². The number of benzene rings is 1. The molecule has 0 bridgehead atoms. The van der Waals surface area contributed by atoms with Gasteiger partial charge < -0.3 is 10.1 Å². The van der Waals surface area contributed by atoms with Crippen LogP contribution in [0.5, 0.6) is 0 Å². The zero-order chi connectivity index (χ0) is 17.7. The third-order valence-electron chi connectivity index (χ3n) is 5.95. The van der Waals surface area contributed by atoms with Gasteiger partial charge in [-0.2, -0.15) is 5.10 Å². The first-order valence-electron chi connectivity index (χ1n) is 9.98. The van der Waals surface area contributed by atoms with Crippen LogP contribution in [0, 0.1) is 0 Å². The lowest BCUT2D eigenvalue weighted by Crippen LogP contribution is -2.59. The number of ether oxygens (including phenoxy) is 1. The highest BCUT2D eigenvalue weighted by Crippen LogP contribution is 2.33. The number of hydrogen-bond donors (Lipinski definition) is 1. The minimum Gasteiger partial charge on any atom is -0.379 e. The molecule has 1 aromatic heterocycles. The molecule has 5 heteroatoms. The van der Waals surface area contributed by atoms with E-state index < -0.39 is 0 Å². The second kappa shape index (κ2) is 8.33. The highest BCUT2D eigenvalue weighted by molar-refractivity contribution is 5.33. The summed E-state index contributed by atoms with van der Waals surface area (Å²) >= 11 is 0. The van der Waals surface area contributed by atoms with Crippen molar-refractivity contribution in [3.8, 4) is 5.69 Å². The average Bonchev–Trinajstić information content (AvgIpc) is 3.25. The zero-order valence-corrected chi connectivity index (χ0v) is 15.6. The summed E-state index contributed by atoms with van der Waals surface area (Å²) in [5.74, 6) is 0. The Morgan fingerprint density at radius 2 is 1.81 bits per heavy atom. The van der Waals surface area contributed by atoms with Gasteiger partial charge in [0.1, 0.15) is 0 Å². The number of rotatable bonds is 6. The van der Waals surface area contributed by atoms with Gasteiger partial charge in [-0.3, -0.25) is 4.90 Å². The predicted octanol–water partition coefficient (Wildman–Crippen LogP) is 3.00. The minimum atomic E-state index is 0.330. The molecule has 1 aliphatic carbocycles. The Balaban J connectivity index is 1.35. The Labute approximate surface area is 156 Å². The summed E-state index contributed by atoms with van der Waals surface area (Å²) in [5.41, 5.74) is 2.77. The first-order chi connectivity index (χ1) is 12.9. The number of aromatic nitrogens is 2. The summed E-state index contributed by atoms with van der Waals surface area (Å²) < 4.78 is 7.48. The third kappa shape index (κ3) is 4.00. The Morgan fingerprint density at radius 1 is 1.04 bits per heavy atom. The van der Waals surface area contributed by atoms with Crippen LogP contribution in [0.15, 0.2) is 42.7 Å². The van der Waals surface area contributed by atoms with Crippen LogP contribution in [0.2, 0.25) is 0 Å². The molecule has 0 atom stereocenters. The van der Waals surface area contributed by atoms with Crippen LogP contribution >= 0.6 is 0 Å². The average molecular weight is 354 g/mol. The SMILES string of the molecule is c1cnn(-c2ccc(CNCC3(N4CCOCC4)CCCCC3)cc2)c1. The van der Waals surface area contributed by atoms with Crippen molar-refractivity contribution in [1.29, 1.82) is 0 Å². The maximum absolute atomic E-state index is 5.58. The van der Waals surface area contributed by atoms with E-state index in [-0.39, 0.29) is 0 Å². The molecule has 4 rings (SSSR count). The van der Waals surface area contributed by atoms with Crippen LogP contribution in [0.1, 0.15) is 37.7 Å². The topological polar surface area (TPSA) is 42.3 Å². The summed E-state index contributed by atoms with van der Waals surface area (Å²) in [6.07, 6.45) is 10.5. The van der Waals surface area contributed by atoms with Crippen molar-refractivity contribution in [3.05, 3.63) is 48.3 Å². The summed E-state index contributed by atoms with van der Waals surface area (Å²) in [7, 11) is 0. The molecule has 1 aliphatic heterocycles. The largest absolute Gasteiger partial charge is 0.379 e. The molecule has 2 fully saturated rings. The van der Waals surface area contributed by atoms with E-state index in [9.17, 15) is 0 Å². The standard InChI is InChI=1S/C21H30N4O/c1-2-9-21(10-3-1,24-13-15-26-16-14-24)18-22-17-19-5-7-20(8-6-19)25-12-4-11-23-25/h4-8,11-12,22H,1-3,9-10,13-18H2. The fraction of sp³-hybridized carbons (Fsp3) is 0.571. The zero-order valence-electron chi connectivity index (χ0n) is 15.6. The van der Waals surface area contributed by atoms with Crippen molar-refractivity contribution in [2.75, 3.05) is 32.8 Å². The quantitative estimate of drug-likeness (QED) is 0.866. The van der Waals surface area contributed by atoms with Crippen LogP contribution in [0.25, 0.3) is 5.69 Å². The Kier molecular flexibility index (Phi) is 5.68. The molecule has 0 unspecified atom stereocenters. The minimum absolute atomic E-state index is 0.330. The Morgan fingerprint density at radius 3 is 2.50 bits per heavy atom. The van der Waals surface area contributed by atoms with E-state index >= 15 is 0 Å². The molecule has 0 amide bonds. The maximum Gasteiger partial charge on any atom is 0.0645 e. The highest BCUT2D eigenvalue weighted by atomic mass is 16.5. The summed E-state index contributed by atoms with van der Waals surface area (Å²) in [4.78, 5) is 2.70. The molecule has 26 heavy (non-hydrogen) atoms. The summed E-state index contributed by atoms with van der Waals surface area (Å²) in [6.45, 7) is 5.94. The smallest absolute Gasteiger partial charge is 0.0645 e. The van der Waals surface area contributed by atoms with E-state index in [1.807, 2.05) is 23.1 Å². The Bertz CT molecular complexity index is 656. The lowest BCUT2D eigenvalue weighted by Gasteiger charge is -2.48. The normalized spacial score (nSPS) is 20.9. The van der Waals surface area contributed by atoms with Crippen LogP contribution in [0.3, 0.4) is 0 Å². The summed E-state index contributed by atoms with van der Waals surface area (Å²) in [6, 6.07) is 10.6. The maximum atomic E-state index is 5.58. The van der Waals surface area contributed by atoms with Gasteiger partial charge in [0.25, 0.3) is 0 Å². The van der Waals surface area contributed by atoms with Crippen molar-refractivity contribution < 1.29 is 4.74 Å². The molecule has 1 N–H and O–H groups in total. The van der Waals surface area contributed by atoms with Gasteiger partial charge >= 0.3 is 0 Å². The molecule has 2 aliphatic rings. The lowest BCUT2D eigenvalue weighted by atomic mass is 9.79. The van der Waals surface area contributed by atoms with E-state index in [1.165, 1.54) is 37.7 Å². The predicted molar refractivity (Wildman–Crippen MR) is 103 cm³/mol. The van der Waals surface area contributed by atoms with Crippen LogP contribution in [-0.2, 0) is 11.3 Å². The number of nitrogens with zero attached hydrogens (tertiary/aromatic N) is 3. The second-order valence-corrected chi connectivity index (χ2v) is 7.61. The fourth-order valence-electron chi connectivity index (χ4n) is 4.48. The van der Waals surface area contributed by atoms with Gasteiger partial charge in [0, 0.05) is 44.1 Å². The number of morpholine rings is 1. The second-order valence-electron chi connectivity index (χ2n) is 7.61. The van der Waals surface area contributed by atoms with Crippen molar-refractivity contribution in [2.45, 2.75) is 44.2 Å². The molecule has 0 spiro atoms. The first kappa shape index (κ1) is 17.7. The molecule has 1 saturated carbocycles. The van der Waals surface area contributed by atoms with E-state index in [4.69, 9.17) is 4.74 Å². The van der Waals surface area contributed by atoms with Gasteiger partial charge in [0.2, 0.25) is 0 Å². The third-order valence-corrected chi connectivity index (χ3v) is 5.95.